The summed E-state index contributed by atoms with van der Waals surface area (Å²) < 4.78 is 21.3. The molecule has 1 amide bonds. The van der Waals surface area contributed by atoms with E-state index in [1.54, 1.807) is 24.3 Å². The molecule has 0 fully saturated rings. The molecule has 0 aliphatic rings. The Balaban J connectivity index is 1.49. The van der Waals surface area contributed by atoms with Crippen LogP contribution in [0, 0.1) is 10.1 Å². The molecular formula is C24H22N2O8. The van der Waals surface area contributed by atoms with E-state index >= 15 is 0 Å². The largest absolute Gasteiger partial charge is 0.495 e. The number of carbonyl (C=O) groups is 2. The van der Waals surface area contributed by atoms with Crippen LogP contribution < -0.4 is 19.5 Å². The molecule has 176 valence electrons. The van der Waals surface area contributed by atoms with Gasteiger partial charge in [0.05, 0.1) is 17.7 Å². The maximum atomic E-state index is 12.4. The maximum absolute atomic E-state index is 12.4. The van der Waals surface area contributed by atoms with E-state index in [0.29, 0.717) is 17.2 Å². The second-order valence-electron chi connectivity index (χ2n) is 6.94. The van der Waals surface area contributed by atoms with E-state index in [2.05, 4.69) is 5.32 Å². The van der Waals surface area contributed by atoms with E-state index in [4.69, 9.17) is 18.9 Å². The van der Waals surface area contributed by atoms with Crippen molar-refractivity contribution in [3.8, 4) is 23.0 Å². The molecule has 0 aliphatic carbocycles. The fourth-order valence-corrected chi connectivity index (χ4v) is 2.80. The van der Waals surface area contributed by atoms with Gasteiger partial charge in [-0.25, -0.2) is 4.79 Å². The molecule has 10 heteroatoms. The number of methoxy groups -OCH3 is 1. The number of ether oxygens (including phenoxy) is 4. The second kappa shape index (κ2) is 11.3. The van der Waals surface area contributed by atoms with Gasteiger partial charge in [-0.05, 0) is 49.4 Å². The molecule has 1 unspecified atom stereocenters. The van der Waals surface area contributed by atoms with E-state index in [0.717, 1.165) is 6.07 Å². The molecule has 0 saturated heterocycles. The van der Waals surface area contributed by atoms with Gasteiger partial charge >= 0.3 is 5.97 Å². The maximum Gasteiger partial charge on any atom is 0.344 e. The minimum atomic E-state index is -1.18. The lowest BCUT2D eigenvalue weighted by molar-refractivity contribution is -0.384. The summed E-state index contributed by atoms with van der Waals surface area (Å²) in [6.45, 7) is 0.948. The topological polar surface area (TPSA) is 126 Å². The standard InChI is InChI=1S/C24H22N2O8/c1-16(24(28)25-21-14-17(26(29)30)8-13-22(21)31-2)33-23(27)15-32-18-9-11-20(12-10-18)34-19-6-4-3-5-7-19/h3-14,16H,15H2,1-2H3,(H,25,28). The number of hydrogen-bond donors (Lipinski definition) is 1. The third-order valence-electron chi connectivity index (χ3n) is 4.49. The summed E-state index contributed by atoms with van der Waals surface area (Å²) in [7, 11) is 1.36. The molecule has 10 nitrogen and oxygen atoms in total. The van der Waals surface area contributed by atoms with Crippen molar-refractivity contribution >= 4 is 23.3 Å². The Labute approximate surface area is 195 Å². The molecule has 0 radical (unpaired) electrons. The van der Waals surface area contributed by atoms with E-state index < -0.39 is 29.5 Å². The number of para-hydroxylation sites is 1. The summed E-state index contributed by atoms with van der Waals surface area (Å²) in [5.41, 5.74) is -0.145. The van der Waals surface area contributed by atoms with Crippen LogP contribution in [0.5, 0.6) is 23.0 Å². The molecule has 3 rings (SSSR count). The second-order valence-corrected chi connectivity index (χ2v) is 6.94. The van der Waals surface area contributed by atoms with E-state index in [1.165, 1.54) is 26.2 Å². The highest BCUT2D eigenvalue weighted by Crippen LogP contribution is 2.29. The number of non-ortho nitro benzene ring substituents is 1. The van der Waals surface area contributed by atoms with Gasteiger partial charge in [-0.3, -0.25) is 14.9 Å². The van der Waals surface area contributed by atoms with Gasteiger partial charge < -0.3 is 24.3 Å². The first-order valence-electron chi connectivity index (χ1n) is 10.1. The van der Waals surface area contributed by atoms with Crippen molar-refractivity contribution < 1.29 is 33.5 Å². The highest BCUT2D eigenvalue weighted by atomic mass is 16.6. The highest BCUT2D eigenvalue weighted by Gasteiger charge is 2.21. The Kier molecular flexibility index (Phi) is 8.01. The molecule has 34 heavy (non-hydrogen) atoms. The molecule has 0 aliphatic heterocycles. The van der Waals surface area contributed by atoms with Gasteiger partial charge in [0.2, 0.25) is 0 Å². The van der Waals surface area contributed by atoms with Gasteiger partial charge in [0.25, 0.3) is 11.6 Å². The van der Waals surface area contributed by atoms with Gasteiger partial charge in [-0.15, -0.1) is 0 Å². The van der Waals surface area contributed by atoms with Crippen LogP contribution in [0.1, 0.15) is 6.92 Å². The van der Waals surface area contributed by atoms with Crippen LogP contribution in [0.25, 0.3) is 0 Å². The zero-order chi connectivity index (χ0) is 24.5. The number of nitro groups is 1. The summed E-state index contributed by atoms with van der Waals surface area (Å²) in [5.74, 6) is 0.474. The highest BCUT2D eigenvalue weighted by molar-refractivity contribution is 5.96. The molecule has 3 aromatic carbocycles. The molecule has 0 spiro atoms. The number of carbonyl (C=O) groups excluding carboxylic acids is 2. The van der Waals surface area contributed by atoms with Crippen LogP contribution in [-0.4, -0.2) is 36.6 Å². The predicted octanol–water partition coefficient (Wildman–Crippen LogP) is 4.34. The number of nitrogens with zero attached hydrogens (tertiary/aromatic N) is 1. The molecule has 1 N–H and O–H groups in total. The Morgan fingerprint density at radius 2 is 1.62 bits per heavy atom. The lowest BCUT2D eigenvalue weighted by Crippen LogP contribution is -2.31. The summed E-state index contributed by atoms with van der Waals surface area (Å²) in [4.78, 5) is 34.9. The quantitative estimate of drug-likeness (QED) is 0.266. The van der Waals surface area contributed by atoms with Crippen molar-refractivity contribution in [3.05, 3.63) is 82.9 Å². The summed E-state index contributed by atoms with van der Waals surface area (Å²) >= 11 is 0. The fourth-order valence-electron chi connectivity index (χ4n) is 2.80. The van der Waals surface area contributed by atoms with Crippen molar-refractivity contribution in [1.82, 2.24) is 0 Å². The number of benzene rings is 3. The van der Waals surface area contributed by atoms with Crippen molar-refractivity contribution in [2.45, 2.75) is 13.0 Å². The van der Waals surface area contributed by atoms with E-state index in [1.807, 2.05) is 30.3 Å². The molecule has 0 bridgehead atoms. The Hall–Kier alpha value is -4.60. The molecule has 1 atom stereocenters. The zero-order valence-corrected chi connectivity index (χ0v) is 18.4. The van der Waals surface area contributed by atoms with Crippen LogP contribution in [0.4, 0.5) is 11.4 Å². The van der Waals surface area contributed by atoms with Crippen molar-refractivity contribution in [2.75, 3.05) is 19.0 Å². The molecule has 3 aromatic rings. The summed E-state index contributed by atoms with van der Waals surface area (Å²) in [6, 6.07) is 19.7. The normalized spacial score (nSPS) is 11.1. The first kappa shape index (κ1) is 24.1. The van der Waals surface area contributed by atoms with E-state index in [-0.39, 0.29) is 17.1 Å². The molecule has 0 saturated carbocycles. The van der Waals surface area contributed by atoms with Crippen LogP contribution in [0.15, 0.2) is 72.8 Å². The number of esters is 1. The fraction of sp³-hybridized carbons (Fsp3) is 0.167. The molecular weight excluding hydrogens is 444 g/mol. The average Bonchev–Trinajstić information content (AvgIpc) is 2.84. The number of hydrogen-bond acceptors (Lipinski definition) is 8. The summed E-state index contributed by atoms with van der Waals surface area (Å²) in [5, 5.41) is 13.4. The van der Waals surface area contributed by atoms with Crippen LogP contribution in [-0.2, 0) is 14.3 Å². The van der Waals surface area contributed by atoms with Crippen molar-refractivity contribution in [2.24, 2.45) is 0 Å². The summed E-state index contributed by atoms with van der Waals surface area (Å²) in [6.07, 6.45) is -1.18. The first-order valence-corrected chi connectivity index (χ1v) is 10.1. The minimum absolute atomic E-state index is 0.0821. The number of nitrogens with one attached hydrogen (secondary N) is 1. The van der Waals surface area contributed by atoms with Crippen molar-refractivity contribution in [1.29, 1.82) is 0 Å². The van der Waals surface area contributed by atoms with Gasteiger partial charge in [0.1, 0.15) is 23.0 Å². The molecule has 0 aromatic heterocycles. The Morgan fingerprint density at radius 1 is 0.971 bits per heavy atom. The lowest BCUT2D eigenvalue weighted by Gasteiger charge is -2.15. The SMILES string of the molecule is COc1ccc([N+](=O)[O-])cc1NC(=O)C(C)OC(=O)COc1ccc(Oc2ccccc2)cc1. The van der Waals surface area contributed by atoms with Gasteiger partial charge in [0, 0.05) is 12.1 Å². The number of anilines is 1. The third-order valence-corrected chi connectivity index (χ3v) is 4.49. The smallest absolute Gasteiger partial charge is 0.344 e. The van der Waals surface area contributed by atoms with Crippen LogP contribution in [0.2, 0.25) is 0 Å². The Morgan fingerprint density at radius 3 is 2.26 bits per heavy atom. The van der Waals surface area contributed by atoms with Gasteiger partial charge in [-0.2, -0.15) is 0 Å². The zero-order valence-electron chi connectivity index (χ0n) is 18.4. The lowest BCUT2D eigenvalue weighted by atomic mass is 10.2. The van der Waals surface area contributed by atoms with E-state index in [9.17, 15) is 19.7 Å². The number of rotatable bonds is 10. The van der Waals surface area contributed by atoms with Crippen LogP contribution >= 0.6 is 0 Å². The monoisotopic (exact) mass is 466 g/mol. The molecule has 0 heterocycles. The van der Waals surface area contributed by atoms with Gasteiger partial charge in [0.15, 0.2) is 12.7 Å². The van der Waals surface area contributed by atoms with Gasteiger partial charge in [-0.1, -0.05) is 18.2 Å². The Bertz CT molecular complexity index is 1150. The predicted molar refractivity (Wildman–Crippen MR) is 122 cm³/mol. The third kappa shape index (κ3) is 6.70. The van der Waals surface area contributed by atoms with Crippen molar-refractivity contribution in [3.63, 3.8) is 0 Å². The first-order chi connectivity index (χ1) is 16.4. The van der Waals surface area contributed by atoms with Crippen LogP contribution in [0.3, 0.4) is 0 Å². The minimum Gasteiger partial charge on any atom is -0.495 e. The number of amides is 1. The average molecular weight is 466 g/mol. The number of nitro benzene ring substituents is 1.